The summed E-state index contributed by atoms with van der Waals surface area (Å²) in [5, 5.41) is 2.73. The van der Waals surface area contributed by atoms with E-state index in [1.807, 2.05) is 0 Å². The number of nitrogens with one attached hydrogen (secondary N) is 1. The van der Waals surface area contributed by atoms with Gasteiger partial charge in [0.2, 0.25) is 5.91 Å². The Kier molecular flexibility index (Phi) is 3.43. The summed E-state index contributed by atoms with van der Waals surface area (Å²) in [6.07, 6.45) is 0.485. The molecule has 1 fully saturated rings. The van der Waals surface area contributed by atoms with Crippen LogP contribution in [0.3, 0.4) is 0 Å². The molecular weight excluding hydrogens is 277 g/mol. The van der Waals surface area contributed by atoms with Crippen LogP contribution in [0, 0.1) is 11.7 Å². The van der Waals surface area contributed by atoms with Crippen molar-refractivity contribution in [2.75, 3.05) is 13.2 Å². The summed E-state index contributed by atoms with van der Waals surface area (Å²) in [5.41, 5.74) is 0. The first-order chi connectivity index (χ1) is 7.65. The van der Waals surface area contributed by atoms with E-state index >= 15 is 0 Å². The van der Waals surface area contributed by atoms with Crippen LogP contribution in [-0.2, 0) is 4.79 Å². The molecule has 0 aromatic heterocycles. The quantitative estimate of drug-likeness (QED) is 0.925. The van der Waals surface area contributed by atoms with E-state index in [1.54, 1.807) is 12.1 Å². The number of carbonyl (C=O) groups is 1. The van der Waals surface area contributed by atoms with Crippen molar-refractivity contribution in [2.24, 2.45) is 5.92 Å². The molecule has 3 nitrogen and oxygen atoms in total. The van der Waals surface area contributed by atoms with Gasteiger partial charge in [0.05, 0.1) is 11.1 Å². The van der Waals surface area contributed by atoms with Gasteiger partial charge in [0.15, 0.2) is 0 Å². The third-order valence-electron chi connectivity index (χ3n) is 2.44. The summed E-state index contributed by atoms with van der Waals surface area (Å²) in [6.45, 7) is 1.07. The monoisotopic (exact) mass is 287 g/mol. The molecule has 1 aliphatic rings. The first kappa shape index (κ1) is 11.4. The number of benzene rings is 1. The molecule has 0 bridgehead atoms. The lowest BCUT2D eigenvalue weighted by atomic mass is 10.1. The molecule has 5 heteroatoms. The molecule has 0 radical (unpaired) electrons. The number of halogens is 2. The van der Waals surface area contributed by atoms with Crippen molar-refractivity contribution in [1.29, 1.82) is 0 Å². The third-order valence-corrected chi connectivity index (χ3v) is 3.08. The molecule has 0 saturated carbocycles. The number of carbonyl (C=O) groups excluding carboxylic acids is 1. The predicted octanol–water partition coefficient (Wildman–Crippen LogP) is 2.10. The Morgan fingerprint density at radius 2 is 2.38 bits per heavy atom. The van der Waals surface area contributed by atoms with Crippen molar-refractivity contribution in [3.8, 4) is 5.75 Å². The maximum absolute atomic E-state index is 13.1. The Bertz CT molecular complexity index is 411. The lowest BCUT2D eigenvalue weighted by Crippen LogP contribution is -2.16. The highest BCUT2D eigenvalue weighted by molar-refractivity contribution is 9.10. The number of ether oxygens (including phenoxy) is 1. The zero-order valence-electron chi connectivity index (χ0n) is 8.50. The third kappa shape index (κ3) is 2.72. The average Bonchev–Trinajstić information content (AvgIpc) is 2.66. The second-order valence-electron chi connectivity index (χ2n) is 3.76. The molecule has 1 heterocycles. The largest absolute Gasteiger partial charge is 0.493 e. The molecule has 1 N–H and O–H groups in total. The van der Waals surface area contributed by atoms with E-state index < -0.39 is 0 Å². The smallest absolute Gasteiger partial charge is 0.220 e. The fourth-order valence-electron chi connectivity index (χ4n) is 1.56. The predicted molar refractivity (Wildman–Crippen MR) is 60.7 cm³/mol. The summed E-state index contributed by atoms with van der Waals surface area (Å²) >= 11 is 3.07. The number of amides is 1. The van der Waals surface area contributed by atoms with Gasteiger partial charge in [-0.1, -0.05) is 0 Å². The molecule has 1 aromatic carbocycles. The Balaban J connectivity index is 1.89. The van der Waals surface area contributed by atoms with E-state index in [1.165, 1.54) is 6.07 Å². The van der Waals surface area contributed by atoms with Gasteiger partial charge in [-0.05, 0) is 28.1 Å². The first-order valence-electron chi connectivity index (χ1n) is 4.99. The number of rotatable bonds is 3. The highest BCUT2D eigenvalue weighted by atomic mass is 79.9. The van der Waals surface area contributed by atoms with Gasteiger partial charge in [0.25, 0.3) is 0 Å². The van der Waals surface area contributed by atoms with Crippen LogP contribution in [-0.4, -0.2) is 19.1 Å². The summed E-state index contributed by atoms with van der Waals surface area (Å²) in [4.78, 5) is 10.9. The molecule has 1 amide bonds. The van der Waals surface area contributed by atoms with E-state index in [0.717, 1.165) is 0 Å². The minimum absolute atomic E-state index is 0.0515. The molecule has 1 aromatic rings. The molecule has 0 spiro atoms. The molecule has 86 valence electrons. The van der Waals surface area contributed by atoms with Crippen molar-refractivity contribution < 1.29 is 13.9 Å². The van der Waals surface area contributed by atoms with Crippen molar-refractivity contribution in [3.63, 3.8) is 0 Å². The van der Waals surface area contributed by atoms with Gasteiger partial charge in [-0.3, -0.25) is 4.79 Å². The summed E-state index contributed by atoms with van der Waals surface area (Å²) in [5.74, 6) is 0.368. The standard InChI is InChI=1S/C11H11BrFNO2/c12-9-2-1-8(4-10(9)13)16-6-7-3-11(15)14-5-7/h1-2,4,7H,3,5-6H2,(H,14,15)/t7-/m0/s1. The van der Waals surface area contributed by atoms with Crippen LogP contribution in [0.2, 0.25) is 0 Å². The Morgan fingerprint density at radius 1 is 1.56 bits per heavy atom. The van der Waals surface area contributed by atoms with Crippen LogP contribution in [0.5, 0.6) is 5.75 Å². The zero-order valence-corrected chi connectivity index (χ0v) is 10.1. The SMILES string of the molecule is O=C1C[C@H](COc2ccc(Br)c(F)c2)CN1. The topological polar surface area (TPSA) is 38.3 Å². The van der Waals surface area contributed by atoms with E-state index in [4.69, 9.17) is 4.74 Å². The number of hydrogen-bond acceptors (Lipinski definition) is 2. The van der Waals surface area contributed by atoms with Crippen molar-refractivity contribution in [2.45, 2.75) is 6.42 Å². The molecule has 1 aliphatic heterocycles. The van der Waals surface area contributed by atoms with Gasteiger partial charge in [-0.2, -0.15) is 0 Å². The lowest BCUT2D eigenvalue weighted by molar-refractivity contribution is -0.119. The van der Waals surface area contributed by atoms with E-state index in [-0.39, 0.29) is 17.6 Å². The minimum Gasteiger partial charge on any atom is -0.493 e. The van der Waals surface area contributed by atoms with Gasteiger partial charge in [-0.15, -0.1) is 0 Å². The van der Waals surface area contributed by atoms with Crippen molar-refractivity contribution in [1.82, 2.24) is 5.32 Å². The molecule has 1 atom stereocenters. The molecule has 16 heavy (non-hydrogen) atoms. The maximum atomic E-state index is 13.1. The van der Waals surface area contributed by atoms with Crippen LogP contribution >= 0.6 is 15.9 Å². The van der Waals surface area contributed by atoms with E-state index in [2.05, 4.69) is 21.2 Å². The number of hydrogen-bond donors (Lipinski definition) is 1. The van der Waals surface area contributed by atoms with Crippen LogP contribution in [0.1, 0.15) is 6.42 Å². The van der Waals surface area contributed by atoms with Crippen LogP contribution in [0.4, 0.5) is 4.39 Å². The normalized spacial score (nSPS) is 19.6. The summed E-state index contributed by atoms with van der Waals surface area (Å²) in [7, 11) is 0. The molecule has 0 unspecified atom stereocenters. The maximum Gasteiger partial charge on any atom is 0.220 e. The summed E-state index contributed by atoms with van der Waals surface area (Å²) < 4.78 is 19.0. The van der Waals surface area contributed by atoms with Crippen LogP contribution in [0.15, 0.2) is 22.7 Å². The highest BCUT2D eigenvalue weighted by Gasteiger charge is 2.21. The van der Waals surface area contributed by atoms with E-state index in [0.29, 0.717) is 29.8 Å². The van der Waals surface area contributed by atoms with Gasteiger partial charge < -0.3 is 10.1 Å². The second kappa shape index (κ2) is 4.82. The first-order valence-corrected chi connectivity index (χ1v) is 5.79. The van der Waals surface area contributed by atoms with E-state index in [9.17, 15) is 9.18 Å². The highest BCUT2D eigenvalue weighted by Crippen LogP contribution is 2.21. The van der Waals surface area contributed by atoms with Gasteiger partial charge in [0.1, 0.15) is 11.6 Å². The van der Waals surface area contributed by atoms with Crippen molar-refractivity contribution in [3.05, 3.63) is 28.5 Å². The Labute approximate surface area is 101 Å². The molecular formula is C11H11BrFNO2. The van der Waals surface area contributed by atoms with Crippen molar-refractivity contribution >= 4 is 21.8 Å². The molecule has 1 saturated heterocycles. The zero-order chi connectivity index (χ0) is 11.5. The summed E-state index contributed by atoms with van der Waals surface area (Å²) in [6, 6.07) is 4.62. The molecule has 2 rings (SSSR count). The fraction of sp³-hybridized carbons (Fsp3) is 0.364. The van der Waals surface area contributed by atoms with Crippen LogP contribution in [0.25, 0.3) is 0 Å². The molecule has 0 aliphatic carbocycles. The van der Waals surface area contributed by atoms with Gasteiger partial charge in [-0.25, -0.2) is 4.39 Å². The fourth-order valence-corrected chi connectivity index (χ4v) is 1.81. The minimum atomic E-state index is -0.349. The van der Waals surface area contributed by atoms with Crippen LogP contribution < -0.4 is 10.1 Å². The van der Waals surface area contributed by atoms with Gasteiger partial charge >= 0.3 is 0 Å². The van der Waals surface area contributed by atoms with Gasteiger partial charge in [0, 0.05) is 24.9 Å². The second-order valence-corrected chi connectivity index (χ2v) is 4.62. The average molecular weight is 288 g/mol. The lowest BCUT2D eigenvalue weighted by Gasteiger charge is -2.10. The Morgan fingerprint density at radius 3 is 3.00 bits per heavy atom. The Hall–Kier alpha value is -1.10.